The number of anilines is 1. The maximum Gasteiger partial charge on any atom is 0.221 e. The van der Waals surface area contributed by atoms with Crippen molar-refractivity contribution in [3.05, 3.63) is 24.5 Å². The largest absolute Gasteiger partial charge is 0.477 e. The summed E-state index contributed by atoms with van der Waals surface area (Å²) in [5.41, 5.74) is 1.03. The molecule has 1 heterocycles. The van der Waals surface area contributed by atoms with E-state index in [1.807, 2.05) is 13.1 Å². The van der Waals surface area contributed by atoms with Gasteiger partial charge in [-0.2, -0.15) is 0 Å². The van der Waals surface area contributed by atoms with Crippen molar-refractivity contribution in [1.82, 2.24) is 9.97 Å². The molecule has 0 atom stereocenters. The van der Waals surface area contributed by atoms with Gasteiger partial charge in [0.25, 0.3) is 0 Å². The molecule has 0 aromatic carbocycles. The topological polar surface area (TPSA) is 47.0 Å². The second-order valence-electron chi connectivity index (χ2n) is 3.39. The van der Waals surface area contributed by atoms with E-state index >= 15 is 0 Å². The van der Waals surface area contributed by atoms with Crippen LogP contribution < -0.4 is 10.1 Å². The molecule has 16 heavy (non-hydrogen) atoms. The van der Waals surface area contributed by atoms with Crippen molar-refractivity contribution in [2.75, 3.05) is 19.0 Å². The average molecular weight is 221 g/mol. The van der Waals surface area contributed by atoms with Gasteiger partial charge in [-0.25, -0.2) is 9.97 Å². The van der Waals surface area contributed by atoms with Crippen molar-refractivity contribution in [3.8, 4) is 5.88 Å². The number of ether oxygens (including phenoxy) is 1. The van der Waals surface area contributed by atoms with Crippen molar-refractivity contribution in [2.45, 2.75) is 26.2 Å². The second-order valence-corrected chi connectivity index (χ2v) is 3.39. The van der Waals surface area contributed by atoms with Crippen LogP contribution in [0.15, 0.2) is 19.0 Å². The molecule has 4 nitrogen and oxygen atoms in total. The molecule has 1 aromatic heterocycles. The number of hydrogen-bond donors (Lipinski definition) is 1. The molecule has 0 aliphatic heterocycles. The summed E-state index contributed by atoms with van der Waals surface area (Å²) in [4.78, 5) is 8.31. The van der Waals surface area contributed by atoms with Crippen molar-refractivity contribution >= 4 is 5.82 Å². The predicted molar refractivity (Wildman–Crippen MR) is 65.9 cm³/mol. The van der Waals surface area contributed by atoms with E-state index in [0.717, 1.165) is 30.6 Å². The lowest BCUT2D eigenvalue weighted by molar-refractivity contribution is 0.297. The molecule has 0 amide bonds. The standard InChI is InChI=1S/C12H19N3O/c1-4-6-7-8-16-12-10(5-2)11(13-3)14-9-15-12/h4,9H,1,5-8H2,2-3H3,(H,13,14,15). The van der Waals surface area contributed by atoms with E-state index in [0.29, 0.717) is 12.5 Å². The molecule has 0 radical (unpaired) electrons. The Labute approximate surface area is 96.8 Å². The Bertz CT molecular complexity index is 339. The van der Waals surface area contributed by atoms with Gasteiger partial charge >= 0.3 is 0 Å². The molecule has 0 saturated heterocycles. The number of hydrogen-bond acceptors (Lipinski definition) is 4. The van der Waals surface area contributed by atoms with Crippen LogP contribution in [0, 0.1) is 0 Å². The van der Waals surface area contributed by atoms with Crippen LogP contribution in [0.4, 0.5) is 5.82 Å². The van der Waals surface area contributed by atoms with E-state index in [1.165, 1.54) is 6.33 Å². The maximum absolute atomic E-state index is 5.63. The van der Waals surface area contributed by atoms with E-state index in [-0.39, 0.29) is 0 Å². The van der Waals surface area contributed by atoms with Crippen molar-refractivity contribution < 1.29 is 4.74 Å². The van der Waals surface area contributed by atoms with Crippen molar-refractivity contribution in [2.24, 2.45) is 0 Å². The van der Waals surface area contributed by atoms with Crippen molar-refractivity contribution in [3.63, 3.8) is 0 Å². The fraction of sp³-hybridized carbons (Fsp3) is 0.500. The van der Waals surface area contributed by atoms with Crippen LogP contribution in [0.2, 0.25) is 0 Å². The Morgan fingerprint density at radius 2 is 2.31 bits per heavy atom. The van der Waals surface area contributed by atoms with E-state index < -0.39 is 0 Å². The highest BCUT2D eigenvalue weighted by Crippen LogP contribution is 2.22. The minimum absolute atomic E-state index is 0.666. The average Bonchev–Trinajstić information content (AvgIpc) is 2.34. The molecule has 4 heteroatoms. The van der Waals surface area contributed by atoms with Gasteiger partial charge < -0.3 is 10.1 Å². The summed E-state index contributed by atoms with van der Waals surface area (Å²) in [5.74, 6) is 1.53. The summed E-state index contributed by atoms with van der Waals surface area (Å²) in [5, 5.41) is 3.04. The summed E-state index contributed by atoms with van der Waals surface area (Å²) in [6, 6.07) is 0. The third-order valence-corrected chi connectivity index (χ3v) is 2.29. The number of aromatic nitrogens is 2. The molecule has 0 fully saturated rings. The minimum Gasteiger partial charge on any atom is -0.477 e. The molecule has 0 aliphatic rings. The zero-order chi connectivity index (χ0) is 11.8. The van der Waals surface area contributed by atoms with Crippen LogP contribution in [0.3, 0.4) is 0 Å². The summed E-state index contributed by atoms with van der Waals surface area (Å²) in [7, 11) is 1.85. The third kappa shape index (κ3) is 3.22. The highest BCUT2D eigenvalue weighted by molar-refractivity contribution is 5.48. The van der Waals surface area contributed by atoms with Gasteiger partial charge in [-0.3, -0.25) is 0 Å². The summed E-state index contributed by atoms with van der Waals surface area (Å²) < 4.78 is 5.63. The summed E-state index contributed by atoms with van der Waals surface area (Å²) in [6.45, 7) is 6.41. The fourth-order valence-corrected chi connectivity index (χ4v) is 1.45. The number of rotatable bonds is 7. The monoisotopic (exact) mass is 221 g/mol. The molecule has 1 rings (SSSR count). The van der Waals surface area contributed by atoms with Crippen LogP contribution in [-0.2, 0) is 6.42 Å². The zero-order valence-corrected chi connectivity index (χ0v) is 9.99. The Morgan fingerprint density at radius 3 is 2.94 bits per heavy atom. The summed E-state index contributed by atoms with van der Waals surface area (Å²) >= 11 is 0. The summed E-state index contributed by atoms with van der Waals surface area (Å²) in [6.07, 6.45) is 6.20. The molecule has 0 spiro atoms. The Morgan fingerprint density at radius 1 is 1.50 bits per heavy atom. The van der Waals surface area contributed by atoms with Crippen LogP contribution in [-0.4, -0.2) is 23.6 Å². The highest BCUT2D eigenvalue weighted by atomic mass is 16.5. The lowest BCUT2D eigenvalue weighted by Gasteiger charge is -2.11. The Hall–Kier alpha value is -1.58. The molecule has 0 unspecified atom stereocenters. The number of nitrogens with zero attached hydrogens (tertiary/aromatic N) is 2. The van der Waals surface area contributed by atoms with Gasteiger partial charge in [-0.05, 0) is 19.3 Å². The van der Waals surface area contributed by atoms with Gasteiger partial charge in [-0.1, -0.05) is 13.0 Å². The number of allylic oxidation sites excluding steroid dienone is 1. The molecule has 1 N–H and O–H groups in total. The Kier molecular flexibility index (Phi) is 5.32. The lowest BCUT2D eigenvalue weighted by Crippen LogP contribution is -2.06. The minimum atomic E-state index is 0.666. The first kappa shape index (κ1) is 12.5. The van der Waals surface area contributed by atoms with Gasteiger partial charge in [0.15, 0.2) is 0 Å². The van der Waals surface area contributed by atoms with Crippen LogP contribution >= 0.6 is 0 Å². The van der Waals surface area contributed by atoms with E-state index in [9.17, 15) is 0 Å². The van der Waals surface area contributed by atoms with Gasteiger partial charge in [0, 0.05) is 7.05 Å². The molecule has 0 bridgehead atoms. The van der Waals surface area contributed by atoms with E-state index in [2.05, 4.69) is 28.8 Å². The van der Waals surface area contributed by atoms with Crippen molar-refractivity contribution in [1.29, 1.82) is 0 Å². The van der Waals surface area contributed by atoms with Crippen LogP contribution in [0.1, 0.15) is 25.3 Å². The van der Waals surface area contributed by atoms with E-state index in [1.54, 1.807) is 0 Å². The lowest BCUT2D eigenvalue weighted by atomic mass is 10.2. The van der Waals surface area contributed by atoms with Gasteiger partial charge in [0.2, 0.25) is 5.88 Å². The van der Waals surface area contributed by atoms with Crippen LogP contribution in [0.25, 0.3) is 0 Å². The first-order valence-corrected chi connectivity index (χ1v) is 5.58. The maximum atomic E-state index is 5.63. The fourth-order valence-electron chi connectivity index (χ4n) is 1.45. The smallest absolute Gasteiger partial charge is 0.221 e. The normalized spacial score (nSPS) is 9.88. The van der Waals surface area contributed by atoms with Crippen LogP contribution in [0.5, 0.6) is 5.88 Å². The van der Waals surface area contributed by atoms with Gasteiger partial charge in [-0.15, -0.1) is 6.58 Å². The quantitative estimate of drug-likeness (QED) is 0.567. The highest BCUT2D eigenvalue weighted by Gasteiger charge is 2.09. The molecule has 0 saturated carbocycles. The molecule has 0 aliphatic carbocycles. The van der Waals surface area contributed by atoms with Gasteiger partial charge in [0.05, 0.1) is 12.2 Å². The molecule has 1 aromatic rings. The van der Waals surface area contributed by atoms with Gasteiger partial charge in [0.1, 0.15) is 12.1 Å². The van der Waals surface area contributed by atoms with E-state index in [4.69, 9.17) is 4.74 Å². The number of unbranched alkanes of at least 4 members (excludes halogenated alkanes) is 1. The second kappa shape index (κ2) is 6.82. The molecular formula is C12H19N3O. The first-order valence-electron chi connectivity index (χ1n) is 5.58. The number of nitrogens with one attached hydrogen (secondary N) is 1. The predicted octanol–water partition coefficient (Wildman–Crippen LogP) is 2.43. The molecule has 88 valence electrons. The molecular weight excluding hydrogens is 202 g/mol. The zero-order valence-electron chi connectivity index (χ0n) is 9.99. The first-order chi connectivity index (χ1) is 7.83. The third-order valence-electron chi connectivity index (χ3n) is 2.29. The Balaban J connectivity index is 2.67. The SMILES string of the molecule is C=CCCCOc1ncnc(NC)c1CC.